The Kier molecular flexibility index (Phi) is 2.19. The van der Waals surface area contributed by atoms with Gasteiger partial charge in [0.1, 0.15) is 0 Å². The molecule has 0 aromatic rings. The molecule has 1 heterocycles. The Morgan fingerprint density at radius 3 is 1.75 bits per heavy atom. The van der Waals surface area contributed by atoms with E-state index >= 15 is 0 Å². The molecular formula is C8H14N2O2. The standard InChI is InChI=1S/C8H14N2O2/c1-4-5(2)8(12)10(6(3)9)7(4)11/h4-6H,9H2,1-3H3/t4-,5+,6?. The smallest absolute Gasteiger partial charge is 0.234 e. The second kappa shape index (κ2) is 2.86. The van der Waals surface area contributed by atoms with Crippen LogP contribution >= 0.6 is 0 Å². The van der Waals surface area contributed by atoms with Gasteiger partial charge in [0.05, 0.1) is 6.17 Å². The van der Waals surface area contributed by atoms with Crippen LogP contribution in [0.15, 0.2) is 0 Å². The first-order chi connectivity index (χ1) is 5.46. The SMILES string of the molecule is CC(N)N1C(=O)[C@@H](C)[C@@H](C)C1=O. The molecule has 2 N–H and O–H groups in total. The van der Waals surface area contributed by atoms with Crippen LogP contribution in [0, 0.1) is 11.8 Å². The quantitative estimate of drug-likeness (QED) is 0.560. The second-order valence-electron chi connectivity index (χ2n) is 3.36. The van der Waals surface area contributed by atoms with Gasteiger partial charge in [-0.3, -0.25) is 14.5 Å². The summed E-state index contributed by atoms with van der Waals surface area (Å²) in [6.07, 6.45) is -0.502. The van der Waals surface area contributed by atoms with E-state index in [0.717, 1.165) is 4.90 Å². The van der Waals surface area contributed by atoms with Crippen LogP contribution in [0.5, 0.6) is 0 Å². The maximum Gasteiger partial charge on any atom is 0.234 e. The van der Waals surface area contributed by atoms with Gasteiger partial charge in [0.25, 0.3) is 0 Å². The molecular weight excluding hydrogens is 156 g/mol. The Morgan fingerprint density at radius 1 is 1.25 bits per heavy atom. The third kappa shape index (κ3) is 1.12. The molecule has 0 aromatic heterocycles. The fourth-order valence-electron chi connectivity index (χ4n) is 1.38. The Balaban J connectivity index is 2.91. The van der Waals surface area contributed by atoms with E-state index in [9.17, 15) is 9.59 Å². The van der Waals surface area contributed by atoms with E-state index in [0.29, 0.717) is 0 Å². The van der Waals surface area contributed by atoms with Crippen molar-refractivity contribution in [2.24, 2.45) is 17.6 Å². The summed E-state index contributed by atoms with van der Waals surface area (Å²) < 4.78 is 0. The minimum Gasteiger partial charge on any atom is -0.311 e. The molecule has 0 saturated carbocycles. The van der Waals surface area contributed by atoms with E-state index in [1.807, 2.05) is 0 Å². The molecule has 68 valence electrons. The maximum atomic E-state index is 11.4. The van der Waals surface area contributed by atoms with Crippen LogP contribution in [-0.4, -0.2) is 22.9 Å². The Morgan fingerprint density at radius 2 is 1.58 bits per heavy atom. The molecule has 1 fully saturated rings. The first kappa shape index (κ1) is 9.19. The minimum absolute atomic E-state index is 0.150. The summed E-state index contributed by atoms with van der Waals surface area (Å²) in [6, 6.07) is 0. The summed E-state index contributed by atoms with van der Waals surface area (Å²) >= 11 is 0. The third-order valence-electron chi connectivity index (χ3n) is 2.41. The van der Waals surface area contributed by atoms with Gasteiger partial charge in [-0.25, -0.2) is 0 Å². The van der Waals surface area contributed by atoms with Gasteiger partial charge in [0.2, 0.25) is 11.8 Å². The lowest BCUT2D eigenvalue weighted by atomic mass is 10.00. The normalized spacial score (nSPS) is 32.8. The van der Waals surface area contributed by atoms with Crippen LogP contribution in [0.4, 0.5) is 0 Å². The molecule has 12 heavy (non-hydrogen) atoms. The number of hydrogen-bond donors (Lipinski definition) is 1. The second-order valence-corrected chi connectivity index (χ2v) is 3.36. The zero-order valence-corrected chi connectivity index (χ0v) is 7.57. The molecule has 2 amide bonds. The first-order valence-electron chi connectivity index (χ1n) is 4.09. The third-order valence-corrected chi connectivity index (χ3v) is 2.41. The Bertz CT molecular complexity index is 205. The molecule has 3 atom stereocenters. The Hall–Kier alpha value is -0.900. The molecule has 1 rings (SSSR count). The van der Waals surface area contributed by atoms with E-state index in [1.54, 1.807) is 20.8 Å². The molecule has 0 radical (unpaired) electrons. The van der Waals surface area contributed by atoms with Crippen molar-refractivity contribution in [3.63, 3.8) is 0 Å². The lowest BCUT2D eigenvalue weighted by molar-refractivity contribution is -0.141. The monoisotopic (exact) mass is 170 g/mol. The van der Waals surface area contributed by atoms with Crippen molar-refractivity contribution in [3.8, 4) is 0 Å². The topological polar surface area (TPSA) is 63.4 Å². The van der Waals surface area contributed by atoms with Crippen LogP contribution in [0.25, 0.3) is 0 Å². The summed E-state index contributed by atoms with van der Waals surface area (Å²) in [5, 5.41) is 0. The van der Waals surface area contributed by atoms with Crippen molar-refractivity contribution in [2.75, 3.05) is 0 Å². The van der Waals surface area contributed by atoms with Crippen molar-refractivity contribution < 1.29 is 9.59 Å². The fourth-order valence-corrected chi connectivity index (χ4v) is 1.38. The predicted octanol–water partition coefficient (Wildman–Crippen LogP) is -0.0679. The lowest BCUT2D eigenvalue weighted by Crippen LogP contribution is -2.44. The number of carbonyl (C=O) groups excluding carboxylic acids is 2. The van der Waals surface area contributed by atoms with Crippen LogP contribution in [-0.2, 0) is 9.59 Å². The number of imide groups is 1. The fraction of sp³-hybridized carbons (Fsp3) is 0.750. The summed E-state index contributed by atoms with van der Waals surface area (Å²) in [6.45, 7) is 5.15. The van der Waals surface area contributed by atoms with Crippen molar-refractivity contribution in [2.45, 2.75) is 26.9 Å². The van der Waals surface area contributed by atoms with Gasteiger partial charge in [-0.15, -0.1) is 0 Å². The largest absolute Gasteiger partial charge is 0.311 e. The molecule has 1 aliphatic heterocycles. The number of nitrogens with two attached hydrogens (primary N) is 1. The summed E-state index contributed by atoms with van der Waals surface area (Å²) in [5.41, 5.74) is 5.49. The van der Waals surface area contributed by atoms with E-state index in [-0.39, 0.29) is 23.7 Å². The van der Waals surface area contributed by atoms with E-state index < -0.39 is 6.17 Å². The first-order valence-corrected chi connectivity index (χ1v) is 4.09. The molecule has 0 aliphatic carbocycles. The van der Waals surface area contributed by atoms with E-state index in [4.69, 9.17) is 5.73 Å². The summed E-state index contributed by atoms with van der Waals surface area (Å²) in [5.74, 6) is -0.739. The van der Waals surface area contributed by atoms with Gasteiger partial charge in [0.15, 0.2) is 0 Å². The molecule has 0 aromatic carbocycles. The van der Waals surface area contributed by atoms with Crippen LogP contribution in [0.1, 0.15) is 20.8 Å². The zero-order chi connectivity index (χ0) is 9.46. The highest BCUT2D eigenvalue weighted by atomic mass is 16.2. The molecule has 4 nitrogen and oxygen atoms in total. The highest BCUT2D eigenvalue weighted by Gasteiger charge is 2.43. The van der Waals surface area contributed by atoms with Crippen molar-refractivity contribution in [1.29, 1.82) is 0 Å². The van der Waals surface area contributed by atoms with Crippen molar-refractivity contribution in [3.05, 3.63) is 0 Å². The summed E-state index contributed by atoms with van der Waals surface area (Å²) in [4.78, 5) is 23.9. The average Bonchev–Trinajstić information content (AvgIpc) is 2.16. The van der Waals surface area contributed by atoms with Gasteiger partial charge in [0, 0.05) is 11.8 Å². The average molecular weight is 170 g/mol. The predicted molar refractivity (Wildman–Crippen MR) is 43.8 cm³/mol. The van der Waals surface area contributed by atoms with Crippen LogP contribution in [0.3, 0.4) is 0 Å². The summed E-state index contributed by atoms with van der Waals surface area (Å²) in [7, 11) is 0. The number of amides is 2. The minimum atomic E-state index is -0.502. The highest BCUT2D eigenvalue weighted by Crippen LogP contribution is 2.25. The van der Waals surface area contributed by atoms with Gasteiger partial charge in [-0.1, -0.05) is 13.8 Å². The molecule has 1 aliphatic rings. The van der Waals surface area contributed by atoms with Crippen LogP contribution < -0.4 is 5.73 Å². The van der Waals surface area contributed by atoms with Crippen molar-refractivity contribution >= 4 is 11.8 Å². The van der Waals surface area contributed by atoms with E-state index in [1.165, 1.54) is 0 Å². The zero-order valence-electron chi connectivity index (χ0n) is 7.57. The maximum absolute atomic E-state index is 11.4. The number of likely N-dealkylation sites (tertiary alicyclic amines) is 1. The number of nitrogens with zero attached hydrogens (tertiary/aromatic N) is 1. The molecule has 0 spiro atoms. The van der Waals surface area contributed by atoms with Crippen LogP contribution in [0.2, 0.25) is 0 Å². The number of rotatable bonds is 1. The van der Waals surface area contributed by atoms with E-state index in [2.05, 4.69) is 0 Å². The molecule has 1 saturated heterocycles. The van der Waals surface area contributed by atoms with Gasteiger partial charge in [-0.05, 0) is 6.92 Å². The number of hydrogen-bond acceptors (Lipinski definition) is 3. The van der Waals surface area contributed by atoms with Gasteiger partial charge >= 0.3 is 0 Å². The lowest BCUT2D eigenvalue weighted by Gasteiger charge is -2.18. The molecule has 4 heteroatoms. The van der Waals surface area contributed by atoms with Gasteiger partial charge in [-0.2, -0.15) is 0 Å². The molecule has 1 unspecified atom stereocenters. The highest BCUT2D eigenvalue weighted by molar-refractivity contribution is 6.04. The Labute approximate surface area is 71.7 Å². The molecule has 0 bridgehead atoms. The number of carbonyl (C=O) groups is 2. The van der Waals surface area contributed by atoms with Crippen molar-refractivity contribution in [1.82, 2.24) is 4.90 Å². The van der Waals surface area contributed by atoms with Gasteiger partial charge < -0.3 is 5.73 Å².